The zero-order valence-electron chi connectivity index (χ0n) is 30.9. The summed E-state index contributed by atoms with van der Waals surface area (Å²) in [6.07, 6.45) is 34.2. The van der Waals surface area contributed by atoms with Crippen molar-refractivity contribution in [1.29, 1.82) is 0 Å². The fourth-order valence-corrected chi connectivity index (χ4v) is 6.19. The molecule has 10 heteroatoms. The first-order valence-corrected chi connectivity index (χ1v) is 21.2. The van der Waals surface area contributed by atoms with Gasteiger partial charge < -0.3 is 20.1 Å². The van der Waals surface area contributed by atoms with E-state index < -0.39 is 26.5 Å². The first-order chi connectivity index (χ1) is 23.3. The van der Waals surface area contributed by atoms with E-state index in [0.29, 0.717) is 6.42 Å². The number of hydrogen-bond donors (Lipinski definition) is 3. The molecule has 9 nitrogen and oxygen atoms in total. The van der Waals surface area contributed by atoms with E-state index in [9.17, 15) is 24.2 Å². The van der Waals surface area contributed by atoms with Crippen molar-refractivity contribution in [2.45, 2.75) is 193 Å². The van der Waals surface area contributed by atoms with Crippen molar-refractivity contribution in [3.05, 3.63) is 12.2 Å². The number of ether oxygens (including phenoxy) is 1. The molecule has 0 heterocycles. The van der Waals surface area contributed by atoms with Crippen LogP contribution in [0.4, 0.5) is 0 Å². The number of phosphoric ester groups is 1. The molecule has 2 atom stereocenters. The monoisotopic (exact) mass is 704 g/mol. The van der Waals surface area contributed by atoms with Gasteiger partial charge in [0.1, 0.15) is 12.7 Å². The quantitative estimate of drug-likeness (QED) is 0.0252. The van der Waals surface area contributed by atoms with Gasteiger partial charge in [-0.2, -0.15) is 0 Å². The van der Waals surface area contributed by atoms with Gasteiger partial charge >= 0.3 is 13.8 Å². The number of carbonyl (C=O) groups excluding carboxylic acids is 2. The second-order valence-corrected chi connectivity index (χ2v) is 14.7. The summed E-state index contributed by atoms with van der Waals surface area (Å²) in [5.41, 5.74) is 0. The molecule has 0 radical (unpaired) electrons. The SMILES string of the molecule is CCCCCCCC/C=C\CCCCCCCC(=O)NCCOP(=O)(O)OCC(O)COC(=O)CCCCCCCCCCCCCC. The number of hydrogen-bond acceptors (Lipinski definition) is 7. The van der Waals surface area contributed by atoms with E-state index in [2.05, 4.69) is 31.3 Å². The van der Waals surface area contributed by atoms with Gasteiger partial charge in [-0.25, -0.2) is 4.57 Å². The van der Waals surface area contributed by atoms with Crippen LogP contribution in [0, 0.1) is 0 Å². The number of amides is 1. The molecule has 0 saturated heterocycles. The van der Waals surface area contributed by atoms with E-state index >= 15 is 0 Å². The second-order valence-electron chi connectivity index (χ2n) is 13.3. The Morgan fingerprint density at radius 3 is 1.56 bits per heavy atom. The predicted molar refractivity (Wildman–Crippen MR) is 197 cm³/mol. The molecule has 0 rings (SSSR count). The van der Waals surface area contributed by atoms with Gasteiger partial charge in [-0.05, 0) is 38.5 Å². The second kappa shape index (κ2) is 35.6. The average Bonchev–Trinajstić information content (AvgIpc) is 3.07. The molecular weight excluding hydrogens is 629 g/mol. The van der Waals surface area contributed by atoms with Crippen LogP contribution >= 0.6 is 7.82 Å². The predicted octanol–water partition coefficient (Wildman–Crippen LogP) is 10.3. The van der Waals surface area contributed by atoms with Crippen LogP contribution in [0.15, 0.2) is 12.2 Å². The Balaban J connectivity index is 3.61. The molecular formula is C38H74NO8P. The first kappa shape index (κ1) is 46.8. The molecule has 284 valence electrons. The van der Waals surface area contributed by atoms with E-state index in [-0.39, 0.29) is 32.1 Å². The topological polar surface area (TPSA) is 131 Å². The van der Waals surface area contributed by atoms with Crippen molar-refractivity contribution in [3.63, 3.8) is 0 Å². The summed E-state index contributed by atoms with van der Waals surface area (Å²) in [7, 11) is -4.41. The van der Waals surface area contributed by atoms with Crippen molar-refractivity contribution in [2.75, 3.05) is 26.4 Å². The van der Waals surface area contributed by atoms with Crippen molar-refractivity contribution in [3.8, 4) is 0 Å². The third-order valence-corrected chi connectivity index (χ3v) is 9.43. The molecule has 0 aliphatic heterocycles. The average molecular weight is 704 g/mol. The Labute approximate surface area is 294 Å². The molecule has 0 aromatic rings. The zero-order valence-corrected chi connectivity index (χ0v) is 31.8. The normalized spacial score (nSPS) is 13.5. The molecule has 3 N–H and O–H groups in total. The molecule has 0 aliphatic carbocycles. The summed E-state index contributed by atoms with van der Waals surface area (Å²) in [4.78, 5) is 33.7. The third kappa shape index (κ3) is 36.0. The van der Waals surface area contributed by atoms with E-state index in [1.807, 2.05) is 0 Å². The minimum absolute atomic E-state index is 0.0805. The lowest BCUT2D eigenvalue weighted by Gasteiger charge is -2.15. The maximum atomic E-state index is 12.0. The summed E-state index contributed by atoms with van der Waals surface area (Å²) in [5, 5.41) is 12.6. The van der Waals surface area contributed by atoms with Crippen LogP contribution in [0.2, 0.25) is 0 Å². The van der Waals surface area contributed by atoms with E-state index in [1.165, 1.54) is 116 Å². The molecule has 0 spiro atoms. The minimum atomic E-state index is -4.41. The van der Waals surface area contributed by atoms with Gasteiger partial charge in [-0.1, -0.05) is 148 Å². The summed E-state index contributed by atoms with van der Waals surface area (Å²) >= 11 is 0. The highest BCUT2D eigenvalue weighted by Crippen LogP contribution is 2.42. The largest absolute Gasteiger partial charge is 0.472 e. The number of aliphatic hydroxyl groups excluding tert-OH is 1. The van der Waals surface area contributed by atoms with Crippen LogP contribution in [0.5, 0.6) is 0 Å². The van der Waals surface area contributed by atoms with Gasteiger partial charge in [0.2, 0.25) is 5.91 Å². The Kier molecular flexibility index (Phi) is 34.6. The molecule has 0 fully saturated rings. The number of allylic oxidation sites excluding steroid dienone is 2. The lowest BCUT2D eigenvalue weighted by atomic mass is 10.0. The highest BCUT2D eigenvalue weighted by atomic mass is 31.2. The molecule has 48 heavy (non-hydrogen) atoms. The number of unbranched alkanes of at least 4 members (excludes halogenated alkanes) is 22. The molecule has 2 unspecified atom stereocenters. The number of rotatable bonds is 37. The fourth-order valence-electron chi connectivity index (χ4n) is 5.43. The van der Waals surface area contributed by atoms with Crippen molar-refractivity contribution < 1.29 is 37.9 Å². The Bertz CT molecular complexity index is 810. The number of esters is 1. The molecule has 0 aliphatic rings. The highest BCUT2D eigenvalue weighted by molar-refractivity contribution is 7.47. The summed E-state index contributed by atoms with van der Waals surface area (Å²) in [6, 6.07) is 0. The lowest BCUT2D eigenvalue weighted by molar-refractivity contribution is -0.147. The van der Waals surface area contributed by atoms with Gasteiger partial charge in [0.15, 0.2) is 0 Å². The number of nitrogens with one attached hydrogen (secondary N) is 1. The third-order valence-electron chi connectivity index (χ3n) is 8.45. The Hall–Kier alpha value is -1.25. The summed E-state index contributed by atoms with van der Waals surface area (Å²) < 4.78 is 26.8. The van der Waals surface area contributed by atoms with Crippen LogP contribution in [0.1, 0.15) is 187 Å². The van der Waals surface area contributed by atoms with Gasteiger partial charge in [-0.15, -0.1) is 0 Å². The number of phosphoric acid groups is 1. The van der Waals surface area contributed by atoms with E-state index in [1.54, 1.807) is 0 Å². The lowest BCUT2D eigenvalue weighted by Crippen LogP contribution is -2.27. The summed E-state index contributed by atoms with van der Waals surface area (Å²) in [5.74, 6) is -0.521. The smallest absolute Gasteiger partial charge is 0.463 e. The Morgan fingerprint density at radius 2 is 1.06 bits per heavy atom. The number of aliphatic hydroxyl groups is 1. The van der Waals surface area contributed by atoms with Gasteiger partial charge in [0.25, 0.3) is 0 Å². The fraction of sp³-hybridized carbons (Fsp3) is 0.895. The van der Waals surface area contributed by atoms with Gasteiger partial charge in [0, 0.05) is 19.4 Å². The first-order valence-electron chi connectivity index (χ1n) is 19.7. The Morgan fingerprint density at radius 1 is 0.625 bits per heavy atom. The molecule has 0 aromatic heterocycles. The van der Waals surface area contributed by atoms with Crippen LogP contribution < -0.4 is 5.32 Å². The molecule has 0 aromatic carbocycles. The van der Waals surface area contributed by atoms with Gasteiger partial charge in [-0.3, -0.25) is 18.6 Å². The van der Waals surface area contributed by atoms with Crippen LogP contribution in [-0.2, 0) is 27.9 Å². The molecule has 1 amide bonds. The van der Waals surface area contributed by atoms with E-state index in [4.69, 9.17) is 13.8 Å². The van der Waals surface area contributed by atoms with Crippen molar-refractivity contribution >= 4 is 19.7 Å². The van der Waals surface area contributed by atoms with Crippen LogP contribution in [-0.4, -0.2) is 54.3 Å². The maximum absolute atomic E-state index is 12.0. The zero-order chi connectivity index (χ0) is 35.4. The van der Waals surface area contributed by atoms with E-state index in [0.717, 1.165) is 44.9 Å². The van der Waals surface area contributed by atoms with Crippen molar-refractivity contribution in [1.82, 2.24) is 5.32 Å². The molecule has 0 saturated carbocycles. The highest BCUT2D eigenvalue weighted by Gasteiger charge is 2.23. The number of carbonyl (C=O) groups is 2. The summed E-state index contributed by atoms with van der Waals surface area (Å²) in [6.45, 7) is 3.54. The minimum Gasteiger partial charge on any atom is -0.463 e. The van der Waals surface area contributed by atoms with Crippen molar-refractivity contribution in [2.24, 2.45) is 0 Å². The van der Waals surface area contributed by atoms with Crippen LogP contribution in [0.25, 0.3) is 0 Å². The molecule has 0 bridgehead atoms. The maximum Gasteiger partial charge on any atom is 0.472 e. The van der Waals surface area contributed by atoms with Gasteiger partial charge in [0.05, 0.1) is 13.2 Å². The standard InChI is InChI=1S/C38H74NO8P/c1-3-5-7-9-11-13-15-17-18-19-20-22-24-26-28-30-37(41)39-32-33-46-48(43,44)47-35-36(40)34-45-38(42)31-29-27-25-23-21-16-14-12-10-8-6-4-2/h17-18,36,40H,3-16,19-35H2,1-2H3,(H,39,41)(H,43,44)/b18-17-. The van der Waals surface area contributed by atoms with Crippen LogP contribution in [0.3, 0.4) is 0 Å².